The summed E-state index contributed by atoms with van der Waals surface area (Å²) in [5, 5.41) is 3.81. The largest absolute Gasteiger partial charge is 0.472 e. The summed E-state index contributed by atoms with van der Waals surface area (Å²) in [6.45, 7) is 2.13. The standard InChI is InChI=1S/C10H16N2O2S/c1-12(7-9-3-5-14-8-9)10(15)11-4-6-13-2/h3,5,8H,4,6-7H2,1-2H3,(H,11,15). The molecule has 4 nitrogen and oxygen atoms in total. The fourth-order valence-electron chi connectivity index (χ4n) is 1.12. The van der Waals surface area contributed by atoms with Gasteiger partial charge in [0.05, 0.1) is 19.1 Å². The highest BCUT2D eigenvalue weighted by atomic mass is 32.1. The van der Waals surface area contributed by atoms with Crippen LogP contribution in [0.5, 0.6) is 0 Å². The van der Waals surface area contributed by atoms with Crippen molar-refractivity contribution in [3.05, 3.63) is 24.2 Å². The van der Waals surface area contributed by atoms with Crippen molar-refractivity contribution in [2.24, 2.45) is 0 Å². The highest BCUT2D eigenvalue weighted by Crippen LogP contribution is 2.03. The van der Waals surface area contributed by atoms with E-state index in [4.69, 9.17) is 21.4 Å². The summed E-state index contributed by atoms with van der Waals surface area (Å²) in [5.41, 5.74) is 1.10. The van der Waals surface area contributed by atoms with Crippen molar-refractivity contribution in [3.8, 4) is 0 Å². The SMILES string of the molecule is COCCNC(=S)N(C)Cc1ccoc1. The Labute approximate surface area is 95.2 Å². The normalized spacial score (nSPS) is 10.0. The number of rotatable bonds is 5. The van der Waals surface area contributed by atoms with Gasteiger partial charge in [-0.15, -0.1) is 0 Å². The maximum absolute atomic E-state index is 5.19. The second-order valence-electron chi connectivity index (χ2n) is 3.21. The average Bonchev–Trinajstić information content (AvgIpc) is 2.70. The van der Waals surface area contributed by atoms with Gasteiger partial charge in [-0.2, -0.15) is 0 Å². The van der Waals surface area contributed by atoms with Crippen molar-refractivity contribution < 1.29 is 9.15 Å². The lowest BCUT2D eigenvalue weighted by molar-refractivity contribution is 0.203. The van der Waals surface area contributed by atoms with Crippen molar-refractivity contribution in [2.45, 2.75) is 6.54 Å². The van der Waals surface area contributed by atoms with Crippen LogP contribution >= 0.6 is 12.2 Å². The molecule has 0 bridgehead atoms. The first-order valence-electron chi connectivity index (χ1n) is 4.73. The number of ether oxygens (including phenoxy) is 1. The maximum atomic E-state index is 5.19. The zero-order valence-corrected chi connectivity index (χ0v) is 9.84. The minimum absolute atomic E-state index is 0.652. The molecule has 0 aliphatic rings. The van der Waals surface area contributed by atoms with E-state index < -0.39 is 0 Å². The molecule has 84 valence electrons. The number of hydrogen-bond donors (Lipinski definition) is 1. The molecule has 0 saturated carbocycles. The fraction of sp³-hybridized carbons (Fsp3) is 0.500. The Morgan fingerprint density at radius 3 is 3.07 bits per heavy atom. The second kappa shape index (κ2) is 6.42. The van der Waals surface area contributed by atoms with Gasteiger partial charge in [0.2, 0.25) is 0 Å². The summed E-state index contributed by atoms with van der Waals surface area (Å²) < 4.78 is 9.91. The Hall–Kier alpha value is -1.07. The Bertz CT molecular complexity index is 288. The zero-order valence-electron chi connectivity index (χ0n) is 9.03. The first-order chi connectivity index (χ1) is 7.24. The van der Waals surface area contributed by atoms with Crippen LogP contribution < -0.4 is 5.32 Å². The molecule has 0 radical (unpaired) electrons. The van der Waals surface area contributed by atoms with Crippen LogP contribution in [-0.4, -0.2) is 37.3 Å². The van der Waals surface area contributed by atoms with Crippen molar-refractivity contribution >= 4 is 17.3 Å². The third kappa shape index (κ3) is 4.31. The van der Waals surface area contributed by atoms with Gasteiger partial charge in [-0.05, 0) is 18.3 Å². The van der Waals surface area contributed by atoms with E-state index in [1.54, 1.807) is 19.6 Å². The maximum Gasteiger partial charge on any atom is 0.169 e. The minimum Gasteiger partial charge on any atom is -0.472 e. The van der Waals surface area contributed by atoms with E-state index in [1.165, 1.54) is 0 Å². The van der Waals surface area contributed by atoms with Crippen LogP contribution in [0.3, 0.4) is 0 Å². The minimum atomic E-state index is 0.652. The zero-order chi connectivity index (χ0) is 11.1. The van der Waals surface area contributed by atoms with Gasteiger partial charge in [0.15, 0.2) is 5.11 Å². The molecule has 1 rings (SSSR count). The molecule has 1 aromatic heterocycles. The lowest BCUT2D eigenvalue weighted by Crippen LogP contribution is -2.38. The van der Waals surface area contributed by atoms with Gasteiger partial charge in [-0.3, -0.25) is 0 Å². The van der Waals surface area contributed by atoms with Crippen LogP contribution in [0.25, 0.3) is 0 Å². The van der Waals surface area contributed by atoms with Gasteiger partial charge in [0.25, 0.3) is 0 Å². The number of nitrogens with zero attached hydrogens (tertiary/aromatic N) is 1. The van der Waals surface area contributed by atoms with Crippen molar-refractivity contribution in [1.29, 1.82) is 0 Å². The van der Waals surface area contributed by atoms with Crippen LogP contribution in [0.4, 0.5) is 0 Å². The number of thiocarbonyl (C=S) groups is 1. The monoisotopic (exact) mass is 228 g/mol. The van der Waals surface area contributed by atoms with Gasteiger partial charge < -0.3 is 19.4 Å². The molecule has 0 aliphatic heterocycles. The Balaban J connectivity index is 2.27. The van der Waals surface area contributed by atoms with E-state index in [0.717, 1.165) is 18.7 Å². The number of nitrogens with one attached hydrogen (secondary N) is 1. The number of furan rings is 1. The first kappa shape index (κ1) is 12.0. The van der Waals surface area contributed by atoms with Crippen molar-refractivity contribution in [3.63, 3.8) is 0 Å². The first-order valence-corrected chi connectivity index (χ1v) is 5.14. The number of hydrogen-bond acceptors (Lipinski definition) is 3. The molecule has 0 aromatic carbocycles. The van der Waals surface area contributed by atoms with Gasteiger partial charge in [0.1, 0.15) is 0 Å². The topological polar surface area (TPSA) is 37.6 Å². The highest BCUT2D eigenvalue weighted by Gasteiger charge is 2.04. The van der Waals surface area contributed by atoms with E-state index >= 15 is 0 Å². The van der Waals surface area contributed by atoms with Crippen LogP contribution in [0.2, 0.25) is 0 Å². The summed E-state index contributed by atoms with van der Waals surface area (Å²) in [6, 6.07) is 1.92. The van der Waals surface area contributed by atoms with Crippen molar-refractivity contribution in [2.75, 3.05) is 27.3 Å². The molecule has 0 unspecified atom stereocenters. The van der Waals surface area contributed by atoms with Gasteiger partial charge >= 0.3 is 0 Å². The summed E-state index contributed by atoms with van der Waals surface area (Å²) in [6.07, 6.45) is 3.37. The van der Waals surface area contributed by atoms with Gasteiger partial charge in [0, 0.05) is 32.8 Å². The molecule has 1 heterocycles. The molecule has 1 aromatic rings. The second-order valence-corrected chi connectivity index (χ2v) is 3.60. The smallest absolute Gasteiger partial charge is 0.169 e. The Morgan fingerprint density at radius 1 is 1.67 bits per heavy atom. The fourth-order valence-corrected chi connectivity index (χ4v) is 1.29. The predicted molar refractivity (Wildman–Crippen MR) is 62.7 cm³/mol. The van der Waals surface area contributed by atoms with Crippen LogP contribution in [0, 0.1) is 0 Å². The molecule has 0 aliphatic carbocycles. The Morgan fingerprint density at radius 2 is 2.47 bits per heavy atom. The van der Waals surface area contributed by atoms with Crippen molar-refractivity contribution in [1.82, 2.24) is 10.2 Å². The molecule has 0 fully saturated rings. The molecule has 0 spiro atoms. The summed E-state index contributed by atoms with van der Waals surface area (Å²) in [4.78, 5) is 1.95. The summed E-state index contributed by atoms with van der Waals surface area (Å²) >= 11 is 5.19. The summed E-state index contributed by atoms with van der Waals surface area (Å²) in [5.74, 6) is 0. The van der Waals surface area contributed by atoms with E-state index in [9.17, 15) is 0 Å². The third-order valence-electron chi connectivity index (χ3n) is 1.93. The van der Waals surface area contributed by atoms with Gasteiger partial charge in [-0.25, -0.2) is 0 Å². The lowest BCUT2D eigenvalue weighted by Gasteiger charge is -2.20. The number of methoxy groups -OCH3 is 1. The van der Waals surface area contributed by atoms with Gasteiger partial charge in [-0.1, -0.05) is 0 Å². The van der Waals surface area contributed by atoms with E-state index in [0.29, 0.717) is 11.7 Å². The molecule has 15 heavy (non-hydrogen) atoms. The Kier molecular flexibility index (Phi) is 5.14. The molecule has 0 atom stereocenters. The summed E-state index contributed by atoms with van der Waals surface area (Å²) in [7, 11) is 3.61. The van der Waals surface area contributed by atoms with Crippen LogP contribution in [0.15, 0.2) is 23.0 Å². The van der Waals surface area contributed by atoms with E-state index in [-0.39, 0.29) is 0 Å². The third-order valence-corrected chi connectivity index (χ3v) is 2.38. The van der Waals surface area contributed by atoms with E-state index in [1.807, 2.05) is 18.0 Å². The highest BCUT2D eigenvalue weighted by molar-refractivity contribution is 7.80. The quantitative estimate of drug-likeness (QED) is 0.606. The molecule has 5 heteroatoms. The predicted octanol–water partition coefficient (Wildman–Crippen LogP) is 1.23. The molecular weight excluding hydrogens is 212 g/mol. The van der Waals surface area contributed by atoms with Crippen LogP contribution in [-0.2, 0) is 11.3 Å². The lowest BCUT2D eigenvalue weighted by atomic mass is 10.3. The molecular formula is C10H16N2O2S. The van der Waals surface area contributed by atoms with E-state index in [2.05, 4.69) is 5.32 Å². The molecule has 0 amide bonds. The van der Waals surface area contributed by atoms with Crippen LogP contribution in [0.1, 0.15) is 5.56 Å². The molecule has 0 saturated heterocycles. The average molecular weight is 228 g/mol. The molecule has 1 N–H and O–H groups in total.